The van der Waals surface area contributed by atoms with Crippen LogP contribution in [0.1, 0.15) is 36.6 Å². The summed E-state index contributed by atoms with van der Waals surface area (Å²) in [6, 6.07) is 13.7. The molecule has 0 saturated carbocycles. The molecule has 0 fully saturated rings. The van der Waals surface area contributed by atoms with Crippen LogP contribution in [-0.4, -0.2) is 18.4 Å². The highest BCUT2D eigenvalue weighted by Gasteiger charge is 2.22. The molecule has 1 heterocycles. The minimum absolute atomic E-state index is 0.161. The molecule has 30 heavy (non-hydrogen) atoms. The Morgan fingerprint density at radius 3 is 2.50 bits per heavy atom. The van der Waals surface area contributed by atoms with Gasteiger partial charge in [-0.3, -0.25) is 9.78 Å². The smallest absolute Gasteiger partial charge is 0.170 e. The van der Waals surface area contributed by atoms with Crippen LogP contribution in [0.5, 0.6) is 11.5 Å². The van der Waals surface area contributed by atoms with E-state index < -0.39 is 0 Å². The Morgan fingerprint density at radius 1 is 1.13 bits per heavy atom. The maximum Gasteiger partial charge on any atom is 0.170 e. The molecule has 0 atom stereocenters. The van der Waals surface area contributed by atoms with Gasteiger partial charge in [-0.25, -0.2) is 4.39 Å². The van der Waals surface area contributed by atoms with Crippen molar-refractivity contribution in [1.82, 2.24) is 4.98 Å². The molecular formula is C25H24FNO3. The number of methoxy groups -OCH3 is 1. The molecule has 0 saturated heterocycles. The number of allylic oxidation sites excluding steroid dienone is 1. The zero-order chi connectivity index (χ0) is 21.5. The molecule has 1 aromatic heterocycles. The van der Waals surface area contributed by atoms with E-state index in [1.165, 1.54) is 18.2 Å². The van der Waals surface area contributed by atoms with E-state index in [4.69, 9.17) is 9.47 Å². The SMILES string of the molecule is COc1cc(C(C)C)c(C=CC=O)c(-c2ccc(F)cc2)c1OCc1ccccn1. The number of nitrogens with zero attached hydrogens (tertiary/aromatic N) is 1. The number of rotatable bonds is 8. The first-order valence-electron chi connectivity index (χ1n) is 9.70. The molecule has 2 aromatic carbocycles. The number of ether oxygens (including phenoxy) is 2. The van der Waals surface area contributed by atoms with Crippen molar-refractivity contribution in [2.75, 3.05) is 7.11 Å². The lowest BCUT2D eigenvalue weighted by Gasteiger charge is -2.22. The second-order valence-electron chi connectivity index (χ2n) is 7.05. The maximum atomic E-state index is 13.6. The predicted molar refractivity (Wildman–Crippen MR) is 116 cm³/mol. The van der Waals surface area contributed by atoms with Crippen molar-refractivity contribution in [3.8, 4) is 22.6 Å². The summed E-state index contributed by atoms with van der Waals surface area (Å²) in [5.74, 6) is 0.919. The molecule has 0 unspecified atom stereocenters. The molecule has 154 valence electrons. The molecule has 0 bridgehead atoms. The van der Waals surface area contributed by atoms with Crippen LogP contribution in [0.2, 0.25) is 0 Å². The van der Waals surface area contributed by atoms with Gasteiger partial charge in [0.2, 0.25) is 0 Å². The summed E-state index contributed by atoms with van der Waals surface area (Å²) in [5.41, 5.74) is 4.10. The van der Waals surface area contributed by atoms with Gasteiger partial charge in [-0.1, -0.05) is 38.1 Å². The zero-order valence-electron chi connectivity index (χ0n) is 17.3. The molecule has 0 radical (unpaired) electrons. The van der Waals surface area contributed by atoms with Gasteiger partial charge >= 0.3 is 0 Å². The van der Waals surface area contributed by atoms with Gasteiger partial charge in [0.05, 0.1) is 12.8 Å². The zero-order valence-corrected chi connectivity index (χ0v) is 17.3. The molecule has 0 aliphatic rings. The number of aromatic nitrogens is 1. The molecule has 0 aliphatic carbocycles. The number of carbonyl (C=O) groups excluding carboxylic acids is 1. The summed E-state index contributed by atoms with van der Waals surface area (Å²) in [5, 5.41) is 0. The minimum Gasteiger partial charge on any atom is -0.493 e. The average molecular weight is 405 g/mol. The lowest BCUT2D eigenvalue weighted by Crippen LogP contribution is -2.05. The lowest BCUT2D eigenvalue weighted by atomic mass is 9.88. The highest BCUT2D eigenvalue weighted by molar-refractivity contribution is 5.87. The first-order valence-corrected chi connectivity index (χ1v) is 9.70. The highest BCUT2D eigenvalue weighted by Crippen LogP contribution is 2.45. The van der Waals surface area contributed by atoms with E-state index >= 15 is 0 Å². The Balaban J connectivity index is 2.24. The Hall–Kier alpha value is -3.47. The van der Waals surface area contributed by atoms with Gasteiger partial charge in [-0.15, -0.1) is 0 Å². The van der Waals surface area contributed by atoms with Gasteiger partial charge in [0, 0.05) is 11.8 Å². The Kier molecular flexibility index (Phi) is 6.96. The summed E-state index contributed by atoms with van der Waals surface area (Å²) in [4.78, 5) is 15.4. The molecule has 0 amide bonds. The number of halogens is 1. The van der Waals surface area contributed by atoms with Gasteiger partial charge in [0.25, 0.3) is 0 Å². The van der Waals surface area contributed by atoms with Crippen LogP contribution in [0, 0.1) is 5.82 Å². The third-order valence-corrected chi connectivity index (χ3v) is 4.72. The standard InChI is InChI=1S/C25H24FNO3/c1-17(2)22-15-23(29-3)25(30-16-20-7-4-5-13-27-20)24(21(22)8-6-14-28)18-9-11-19(26)12-10-18/h4-15,17H,16H2,1-3H3. The summed E-state index contributed by atoms with van der Waals surface area (Å²) in [6.07, 6.45) is 5.64. The molecule has 3 aromatic rings. The summed E-state index contributed by atoms with van der Waals surface area (Å²) < 4.78 is 25.4. The number of aldehydes is 1. The van der Waals surface area contributed by atoms with Crippen LogP contribution in [-0.2, 0) is 11.4 Å². The van der Waals surface area contributed by atoms with Crippen molar-refractivity contribution >= 4 is 12.4 Å². The van der Waals surface area contributed by atoms with Gasteiger partial charge < -0.3 is 9.47 Å². The first kappa shape index (κ1) is 21.2. The predicted octanol–water partition coefficient (Wildman–Crippen LogP) is 5.81. The van der Waals surface area contributed by atoms with E-state index in [0.717, 1.165) is 34.2 Å². The highest BCUT2D eigenvalue weighted by atomic mass is 19.1. The maximum absolute atomic E-state index is 13.6. The third kappa shape index (κ3) is 4.74. The minimum atomic E-state index is -0.327. The Bertz CT molecular complexity index is 1030. The third-order valence-electron chi connectivity index (χ3n) is 4.72. The second kappa shape index (κ2) is 9.83. The summed E-state index contributed by atoms with van der Waals surface area (Å²) >= 11 is 0. The van der Waals surface area contributed by atoms with E-state index in [-0.39, 0.29) is 18.3 Å². The van der Waals surface area contributed by atoms with Gasteiger partial charge in [-0.2, -0.15) is 0 Å². The van der Waals surface area contributed by atoms with Crippen molar-refractivity contribution in [1.29, 1.82) is 0 Å². The van der Waals surface area contributed by atoms with E-state index in [1.807, 2.05) is 24.3 Å². The molecule has 5 heteroatoms. The van der Waals surface area contributed by atoms with Crippen LogP contribution < -0.4 is 9.47 Å². The molecule has 4 nitrogen and oxygen atoms in total. The first-order chi connectivity index (χ1) is 14.5. The van der Waals surface area contributed by atoms with Crippen LogP contribution >= 0.6 is 0 Å². The quantitative estimate of drug-likeness (QED) is 0.350. The van der Waals surface area contributed by atoms with Gasteiger partial charge in [-0.05, 0) is 59.0 Å². The van der Waals surface area contributed by atoms with Crippen molar-refractivity contribution in [3.63, 3.8) is 0 Å². The molecule has 0 N–H and O–H groups in total. The number of carbonyl (C=O) groups is 1. The van der Waals surface area contributed by atoms with Crippen molar-refractivity contribution in [3.05, 3.63) is 83.4 Å². The van der Waals surface area contributed by atoms with E-state index in [2.05, 4.69) is 18.8 Å². The normalized spacial score (nSPS) is 11.1. The van der Waals surface area contributed by atoms with Crippen molar-refractivity contribution in [2.24, 2.45) is 0 Å². The van der Waals surface area contributed by atoms with Crippen molar-refractivity contribution < 1.29 is 18.7 Å². The molecule has 3 rings (SSSR count). The van der Waals surface area contributed by atoms with Gasteiger partial charge in [0.15, 0.2) is 11.5 Å². The number of pyridine rings is 1. The van der Waals surface area contributed by atoms with Gasteiger partial charge in [0.1, 0.15) is 18.7 Å². The van der Waals surface area contributed by atoms with E-state index in [0.29, 0.717) is 11.5 Å². The van der Waals surface area contributed by atoms with Crippen LogP contribution in [0.3, 0.4) is 0 Å². The average Bonchev–Trinajstić information content (AvgIpc) is 2.76. The summed E-state index contributed by atoms with van der Waals surface area (Å²) in [6.45, 7) is 4.37. The number of benzene rings is 2. The topological polar surface area (TPSA) is 48.4 Å². The number of hydrogen-bond acceptors (Lipinski definition) is 4. The van der Waals surface area contributed by atoms with Crippen LogP contribution in [0.4, 0.5) is 4.39 Å². The summed E-state index contributed by atoms with van der Waals surface area (Å²) in [7, 11) is 1.59. The fourth-order valence-corrected chi connectivity index (χ4v) is 3.29. The van der Waals surface area contributed by atoms with Crippen LogP contribution in [0.25, 0.3) is 17.2 Å². The fraction of sp³-hybridized carbons (Fsp3) is 0.200. The molecule has 0 spiro atoms. The van der Waals surface area contributed by atoms with Crippen LogP contribution in [0.15, 0.2) is 60.8 Å². The fourth-order valence-electron chi connectivity index (χ4n) is 3.29. The lowest BCUT2D eigenvalue weighted by molar-refractivity contribution is -0.104. The largest absolute Gasteiger partial charge is 0.493 e. The number of hydrogen-bond donors (Lipinski definition) is 0. The van der Waals surface area contributed by atoms with Crippen molar-refractivity contribution in [2.45, 2.75) is 26.4 Å². The Morgan fingerprint density at radius 2 is 1.90 bits per heavy atom. The second-order valence-corrected chi connectivity index (χ2v) is 7.05. The molecular weight excluding hydrogens is 381 g/mol. The molecule has 0 aliphatic heterocycles. The van der Waals surface area contributed by atoms with E-state index in [1.54, 1.807) is 31.5 Å². The Labute approximate surface area is 176 Å². The monoisotopic (exact) mass is 405 g/mol. The van der Waals surface area contributed by atoms with E-state index in [9.17, 15) is 9.18 Å².